The van der Waals surface area contributed by atoms with Crippen LogP contribution in [0.3, 0.4) is 0 Å². The van der Waals surface area contributed by atoms with Crippen LogP contribution in [0.25, 0.3) is 0 Å². The highest BCUT2D eigenvalue weighted by atomic mass is 32.2. The quantitative estimate of drug-likeness (QED) is 0.826. The zero-order valence-corrected chi connectivity index (χ0v) is 11.8. The van der Waals surface area contributed by atoms with Gasteiger partial charge in [-0.2, -0.15) is 5.26 Å². The number of benzene rings is 1. The maximum absolute atomic E-state index is 12.1. The molecule has 0 aromatic heterocycles. The molecule has 1 heterocycles. The van der Waals surface area contributed by atoms with Crippen LogP contribution in [0.5, 0.6) is 5.75 Å². The summed E-state index contributed by atoms with van der Waals surface area (Å²) in [4.78, 5) is 12.1. The number of rotatable bonds is 3. The van der Waals surface area contributed by atoms with Gasteiger partial charge < -0.3 is 4.74 Å². The fourth-order valence-corrected chi connectivity index (χ4v) is 3.50. The molecular weight excluding hydrogens is 280 g/mol. The molecule has 0 aliphatic carbocycles. The van der Waals surface area contributed by atoms with Crippen LogP contribution in [-0.4, -0.2) is 37.0 Å². The molecule has 0 spiro atoms. The van der Waals surface area contributed by atoms with Crippen LogP contribution in [0.2, 0.25) is 0 Å². The summed E-state index contributed by atoms with van der Waals surface area (Å²) in [7, 11) is -3.47. The normalized spacial score (nSPS) is 18.3. The van der Waals surface area contributed by atoms with Crippen molar-refractivity contribution in [2.45, 2.75) is 19.4 Å². The number of hydrogen-bond acceptors (Lipinski definition) is 5. The van der Waals surface area contributed by atoms with Crippen LogP contribution in [0.15, 0.2) is 24.3 Å². The van der Waals surface area contributed by atoms with E-state index in [2.05, 4.69) is 0 Å². The van der Waals surface area contributed by atoms with Gasteiger partial charge in [0, 0.05) is 6.54 Å². The van der Waals surface area contributed by atoms with Crippen molar-refractivity contribution in [3.8, 4) is 11.8 Å². The monoisotopic (exact) mass is 294 g/mol. The summed E-state index contributed by atoms with van der Waals surface area (Å²) < 4.78 is 29.6. The van der Waals surface area contributed by atoms with Gasteiger partial charge in [0.2, 0.25) is 10.0 Å². The Labute approximate surface area is 117 Å². The summed E-state index contributed by atoms with van der Waals surface area (Å²) in [6.45, 7) is 1.72. The summed E-state index contributed by atoms with van der Waals surface area (Å²) >= 11 is 0. The van der Waals surface area contributed by atoms with E-state index >= 15 is 0 Å². The molecule has 0 N–H and O–H groups in total. The van der Waals surface area contributed by atoms with E-state index < -0.39 is 22.0 Å². The zero-order valence-electron chi connectivity index (χ0n) is 10.9. The van der Waals surface area contributed by atoms with Gasteiger partial charge in [-0.25, -0.2) is 12.7 Å². The van der Waals surface area contributed by atoms with Crippen molar-refractivity contribution in [3.05, 3.63) is 29.8 Å². The first-order chi connectivity index (χ1) is 9.44. The fourth-order valence-electron chi connectivity index (χ4n) is 1.95. The number of nitrogens with zero attached hydrogens (tertiary/aromatic N) is 2. The largest absolute Gasteiger partial charge is 0.481 e. The Kier molecular flexibility index (Phi) is 3.95. The Morgan fingerprint density at radius 1 is 1.40 bits per heavy atom. The van der Waals surface area contributed by atoms with E-state index in [-0.39, 0.29) is 12.3 Å². The van der Waals surface area contributed by atoms with Crippen molar-refractivity contribution in [1.82, 2.24) is 4.31 Å². The molecular formula is C13H14N2O4S. The van der Waals surface area contributed by atoms with Gasteiger partial charge in [0.15, 0.2) is 6.10 Å². The predicted octanol–water partition coefficient (Wildman–Crippen LogP) is 0.888. The Morgan fingerprint density at radius 2 is 2.05 bits per heavy atom. The van der Waals surface area contributed by atoms with E-state index in [0.29, 0.717) is 17.7 Å². The van der Waals surface area contributed by atoms with Gasteiger partial charge in [0.1, 0.15) is 5.75 Å². The lowest BCUT2D eigenvalue weighted by Gasteiger charge is -2.20. The molecule has 1 saturated heterocycles. The number of sulfonamides is 1. The molecule has 1 aromatic rings. The first-order valence-corrected chi connectivity index (χ1v) is 7.76. The topological polar surface area (TPSA) is 87.5 Å². The summed E-state index contributed by atoms with van der Waals surface area (Å²) in [6.07, 6.45) is -0.437. The predicted molar refractivity (Wildman–Crippen MR) is 71.4 cm³/mol. The highest BCUT2D eigenvalue weighted by Crippen LogP contribution is 2.18. The lowest BCUT2D eigenvalue weighted by Crippen LogP contribution is -2.41. The fraction of sp³-hybridized carbons (Fsp3) is 0.385. The van der Waals surface area contributed by atoms with E-state index in [1.807, 2.05) is 6.07 Å². The van der Waals surface area contributed by atoms with Gasteiger partial charge in [0.05, 0.1) is 17.4 Å². The summed E-state index contributed by atoms with van der Waals surface area (Å²) in [5, 5.41) is 8.68. The first kappa shape index (κ1) is 14.3. The molecule has 20 heavy (non-hydrogen) atoms. The summed E-state index contributed by atoms with van der Waals surface area (Å²) in [5.74, 6) is -0.143. The second-order valence-electron chi connectivity index (χ2n) is 4.48. The average molecular weight is 294 g/mol. The van der Waals surface area contributed by atoms with Crippen LogP contribution in [0.4, 0.5) is 0 Å². The van der Waals surface area contributed by atoms with Crippen LogP contribution in [-0.2, 0) is 14.8 Å². The molecule has 106 valence electrons. The standard InChI is InChI=1S/C13H14N2O4S/c1-10(13(16)15-7-2-8-20(15,17)18)19-12-5-3-11(9-14)4-6-12/h3-6,10H,2,7-8H2,1H3. The minimum absolute atomic E-state index is 0.00231. The molecule has 7 heteroatoms. The Morgan fingerprint density at radius 3 is 2.55 bits per heavy atom. The first-order valence-electron chi connectivity index (χ1n) is 6.15. The van der Waals surface area contributed by atoms with Gasteiger partial charge in [-0.15, -0.1) is 0 Å². The van der Waals surface area contributed by atoms with Crippen molar-refractivity contribution < 1.29 is 17.9 Å². The van der Waals surface area contributed by atoms with Gasteiger partial charge in [-0.1, -0.05) is 0 Å². The van der Waals surface area contributed by atoms with Crippen LogP contribution in [0.1, 0.15) is 18.9 Å². The molecule has 1 unspecified atom stereocenters. The molecule has 6 nitrogen and oxygen atoms in total. The van der Waals surface area contributed by atoms with E-state index in [9.17, 15) is 13.2 Å². The number of hydrogen-bond donors (Lipinski definition) is 0. The Hall–Kier alpha value is -2.07. The summed E-state index contributed by atoms with van der Waals surface area (Å²) in [5.41, 5.74) is 0.485. The molecule has 1 fully saturated rings. The number of amides is 1. The van der Waals surface area contributed by atoms with Gasteiger partial charge >= 0.3 is 0 Å². The lowest BCUT2D eigenvalue weighted by atomic mass is 10.2. The van der Waals surface area contributed by atoms with E-state index in [0.717, 1.165) is 4.31 Å². The van der Waals surface area contributed by atoms with Crippen molar-refractivity contribution in [3.63, 3.8) is 0 Å². The lowest BCUT2D eigenvalue weighted by molar-refractivity contribution is -0.132. The molecule has 0 saturated carbocycles. The highest BCUT2D eigenvalue weighted by Gasteiger charge is 2.35. The van der Waals surface area contributed by atoms with Crippen molar-refractivity contribution in [1.29, 1.82) is 5.26 Å². The highest BCUT2D eigenvalue weighted by molar-refractivity contribution is 7.89. The second-order valence-corrected chi connectivity index (χ2v) is 6.49. The molecule has 2 rings (SSSR count). The van der Waals surface area contributed by atoms with E-state index in [1.165, 1.54) is 6.92 Å². The minimum atomic E-state index is -3.47. The smallest absolute Gasteiger partial charge is 0.276 e. The Bertz CT molecular complexity index is 646. The third kappa shape index (κ3) is 2.91. The Balaban J connectivity index is 2.06. The third-order valence-electron chi connectivity index (χ3n) is 2.99. The molecule has 1 aliphatic heterocycles. The van der Waals surface area contributed by atoms with Crippen molar-refractivity contribution >= 4 is 15.9 Å². The SMILES string of the molecule is CC(Oc1ccc(C#N)cc1)C(=O)N1CCCS1(=O)=O. The third-order valence-corrected chi connectivity index (χ3v) is 4.83. The van der Waals surface area contributed by atoms with Crippen molar-refractivity contribution in [2.75, 3.05) is 12.3 Å². The van der Waals surface area contributed by atoms with Gasteiger partial charge in [-0.3, -0.25) is 4.79 Å². The van der Waals surface area contributed by atoms with Crippen LogP contribution < -0.4 is 4.74 Å². The van der Waals surface area contributed by atoms with E-state index in [1.54, 1.807) is 24.3 Å². The molecule has 0 radical (unpaired) electrons. The molecule has 1 atom stereocenters. The molecule has 1 amide bonds. The second kappa shape index (κ2) is 5.51. The maximum atomic E-state index is 12.1. The number of nitriles is 1. The average Bonchev–Trinajstić information content (AvgIpc) is 2.78. The van der Waals surface area contributed by atoms with Gasteiger partial charge in [-0.05, 0) is 37.6 Å². The van der Waals surface area contributed by atoms with Crippen LogP contribution in [0, 0.1) is 11.3 Å². The number of carbonyl (C=O) groups is 1. The molecule has 1 aliphatic rings. The molecule has 0 bridgehead atoms. The summed E-state index contributed by atoms with van der Waals surface area (Å²) in [6, 6.07) is 8.25. The maximum Gasteiger partial charge on any atom is 0.276 e. The van der Waals surface area contributed by atoms with Crippen LogP contribution >= 0.6 is 0 Å². The molecule has 1 aromatic carbocycles. The number of ether oxygens (including phenoxy) is 1. The minimum Gasteiger partial charge on any atom is -0.481 e. The zero-order chi connectivity index (χ0) is 14.8. The van der Waals surface area contributed by atoms with Gasteiger partial charge in [0.25, 0.3) is 5.91 Å². The number of carbonyl (C=O) groups excluding carboxylic acids is 1. The van der Waals surface area contributed by atoms with Crippen molar-refractivity contribution in [2.24, 2.45) is 0 Å². The van der Waals surface area contributed by atoms with E-state index in [4.69, 9.17) is 10.00 Å².